The number of hydrogen-bond acceptors (Lipinski definition) is 5. The molecule has 4 unspecified atom stereocenters. The van der Waals surface area contributed by atoms with Crippen LogP contribution in [-0.2, 0) is 38.4 Å². The lowest BCUT2D eigenvalue weighted by atomic mass is 9.99. The molecule has 51 heavy (non-hydrogen) atoms. The molecule has 3 aromatic heterocycles. The minimum Gasteiger partial charge on any atom is -0.480 e. The number of nitrogens with two attached hydrogens (primary N) is 1. The van der Waals surface area contributed by atoms with Crippen molar-refractivity contribution in [2.24, 2.45) is 11.7 Å². The number of carboxylic acids is 1. The number of fused-ring (bicyclic) bond motifs is 3. The Morgan fingerprint density at radius 3 is 1.45 bits per heavy atom. The Kier molecular flexibility index (Phi) is 10.5. The number of aromatic amines is 3. The molecule has 0 fully saturated rings. The summed E-state index contributed by atoms with van der Waals surface area (Å²) in [6, 6.07) is 18.5. The summed E-state index contributed by atoms with van der Waals surface area (Å²) in [5.74, 6) is -2.95. The highest BCUT2D eigenvalue weighted by Crippen LogP contribution is 2.22. The molecule has 0 spiro atoms. The van der Waals surface area contributed by atoms with E-state index >= 15 is 0 Å². The number of amides is 3. The van der Waals surface area contributed by atoms with E-state index in [1.54, 1.807) is 12.4 Å². The molecule has 0 aliphatic rings. The van der Waals surface area contributed by atoms with Gasteiger partial charge in [0, 0.05) is 64.1 Å². The highest BCUT2D eigenvalue weighted by atomic mass is 16.4. The fourth-order valence-electron chi connectivity index (χ4n) is 6.61. The Balaban J connectivity index is 1.20. The van der Waals surface area contributed by atoms with Gasteiger partial charge in [0.05, 0.1) is 6.04 Å². The molecule has 0 radical (unpaired) electrons. The second kappa shape index (κ2) is 15.3. The third-order valence-electron chi connectivity index (χ3n) is 9.24. The van der Waals surface area contributed by atoms with Crippen LogP contribution in [0.25, 0.3) is 32.7 Å². The Labute approximate surface area is 294 Å². The molecule has 12 heteroatoms. The minimum absolute atomic E-state index is 0.0239. The Hall–Kier alpha value is -5.88. The SMILES string of the molecule is CC(C)CC(NC(=O)C(Cc1c[nH]c2ccccc12)NC(=O)C(N)Cc1c[nH]c2ccccc12)C(=O)NC(Cc1c[nH]c2ccccc12)C(=O)O. The van der Waals surface area contributed by atoms with Gasteiger partial charge in [-0.05, 0) is 53.6 Å². The molecule has 6 aromatic rings. The van der Waals surface area contributed by atoms with E-state index in [9.17, 15) is 24.3 Å². The summed E-state index contributed by atoms with van der Waals surface area (Å²) in [4.78, 5) is 63.3. The minimum atomic E-state index is -1.24. The van der Waals surface area contributed by atoms with Crippen LogP contribution < -0.4 is 21.7 Å². The zero-order valence-electron chi connectivity index (χ0n) is 28.5. The number of carbonyl (C=O) groups is 4. The summed E-state index contributed by atoms with van der Waals surface area (Å²) in [7, 11) is 0. The number of benzene rings is 3. The second-order valence-corrected chi connectivity index (χ2v) is 13.4. The van der Waals surface area contributed by atoms with Gasteiger partial charge in [-0.25, -0.2) is 4.79 Å². The van der Waals surface area contributed by atoms with Crippen molar-refractivity contribution in [3.05, 3.63) is 108 Å². The Morgan fingerprint density at radius 2 is 0.980 bits per heavy atom. The number of para-hydroxylation sites is 3. The van der Waals surface area contributed by atoms with Crippen LogP contribution in [0.1, 0.15) is 37.0 Å². The fourth-order valence-corrected chi connectivity index (χ4v) is 6.61. The van der Waals surface area contributed by atoms with E-state index in [1.807, 2.05) is 92.8 Å². The van der Waals surface area contributed by atoms with E-state index < -0.39 is 47.9 Å². The van der Waals surface area contributed by atoms with Crippen LogP contribution in [0.15, 0.2) is 91.4 Å². The van der Waals surface area contributed by atoms with E-state index in [4.69, 9.17) is 5.73 Å². The lowest BCUT2D eigenvalue weighted by Crippen LogP contribution is -2.58. The summed E-state index contributed by atoms with van der Waals surface area (Å²) in [6.07, 6.45) is 6.00. The third-order valence-corrected chi connectivity index (χ3v) is 9.24. The van der Waals surface area contributed by atoms with Crippen molar-refractivity contribution in [1.82, 2.24) is 30.9 Å². The van der Waals surface area contributed by atoms with E-state index in [2.05, 4.69) is 30.9 Å². The number of carboxylic acid groups (broad SMARTS) is 1. The molecular weight excluding hydrogens is 646 g/mol. The molecule has 3 amide bonds. The summed E-state index contributed by atoms with van der Waals surface area (Å²) < 4.78 is 0. The largest absolute Gasteiger partial charge is 0.480 e. The molecule has 6 rings (SSSR count). The summed E-state index contributed by atoms with van der Waals surface area (Å²) in [5, 5.41) is 21.1. The molecule has 9 N–H and O–H groups in total. The monoisotopic (exact) mass is 689 g/mol. The van der Waals surface area contributed by atoms with Crippen LogP contribution in [0.3, 0.4) is 0 Å². The first-order chi connectivity index (χ1) is 24.6. The first-order valence-corrected chi connectivity index (χ1v) is 17.1. The number of carbonyl (C=O) groups excluding carboxylic acids is 3. The van der Waals surface area contributed by atoms with Crippen molar-refractivity contribution in [3.63, 3.8) is 0 Å². The van der Waals surface area contributed by atoms with Crippen molar-refractivity contribution in [2.45, 2.75) is 63.7 Å². The van der Waals surface area contributed by atoms with E-state index in [-0.39, 0.29) is 31.6 Å². The molecule has 264 valence electrons. The first kappa shape index (κ1) is 35.0. The van der Waals surface area contributed by atoms with Crippen LogP contribution in [0.2, 0.25) is 0 Å². The Morgan fingerprint density at radius 1 is 0.588 bits per heavy atom. The number of aliphatic carboxylic acids is 1. The maximum Gasteiger partial charge on any atom is 0.326 e. The molecule has 3 aromatic carbocycles. The van der Waals surface area contributed by atoms with Crippen LogP contribution >= 0.6 is 0 Å². The number of hydrogen-bond donors (Lipinski definition) is 8. The average molecular weight is 690 g/mol. The predicted molar refractivity (Wildman–Crippen MR) is 197 cm³/mol. The summed E-state index contributed by atoms with van der Waals surface area (Å²) >= 11 is 0. The third kappa shape index (κ3) is 8.13. The van der Waals surface area contributed by atoms with Crippen molar-refractivity contribution < 1.29 is 24.3 Å². The van der Waals surface area contributed by atoms with Gasteiger partial charge in [0.15, 0.2) is 0 Å². The van der Waals surface area contributed by atoms with Gasteiger partial charge >= 0.3 is 5.97 Å². The zero-order valence-corrected chi connectivity index (χ0v) is 28.5. The summed E-state index contributed by atoms with van der Waals surface area (Å²) in [6.45, 7) is 3.81. The number of aromatic nitrogens is 3. The maximum absolute atomic E-state index is 14.1. The van der Waals surface area contributed by atoms with Gasteiger partial charge in [0.2, 0.25) is 17.7 Å². The van der Waals surface area contributed by atoms with Crippen LogP contribution in [0.5, 0.6) is 0 Å². The number of H-pyrrole nitrogens is 3. The molecule has 12 nitrogen and oxygen atoms in total. The van der Waals surface area contributed by atoms with Gasteiger partial charge in [0.1, 0.15) is 18.1 Å². The highest BCUT2D eigenvalue weighted by Gasteiger charge is 2.32. The molecule has 0 aliphatic heterocycles. The molecular formula is C39H43N7O5. The van der Waals surface area contributed by atoms with Gasteiger partial charge in [-0.2, -0.15) is 0 Å². The second-order valence-electron chi connectivity index (χ2n) is 13.4. The molecule has 0 saturated carbocycles. The number of rotatable bonds is 15. The van der Waals surface area contributed by atoms with Crippen molar-refractivity contribution in [2.75, 3.05) is 0 Å². The molecule has 3 heterocycles. The molecule has 0 saturated heterocycles. The van der Waals surface area contributed by atoms with Gasteiger partial charge in [-0.15, -0.1) is 0 Å². The van der Waals surface area contributed by atoms with Gasteiger partial charge in [0.25, 0.3) is 0 Å². The van der Waals surface area contributed by atoms with Crippen molar-refractivity contribution >= 4 is 56.4 Å². The van der Waals surface area contributed by atoms with Crippen LogP contribution in [0.4, 0.5) is 0 Å². The molecule has 0 aliphatic carbocycles. The van der Waals surface area contributed by atoms with Gasteiger partial charge in [-0.1, -0.05) is 68.4 Å². The topological polar surface area (TPSA) is 198 Å². The van der Waals surface area contributed by atoms with E-state index in [0.717, 1.165) is 49.4 Å². The lowest BCUT2D eigenvalue weighted by Gasteiger charge is -2.26. The Bertz CT molecular complexity index is 2180. The maximum atomic E-state index is 14.1. The summed E-state index contributed by atoms with van der Waals surface area (Å²) in [5.41, 5.74) is 11.5. The van der Waals surface area contributed by atoms with E-state index in [1.165, 1.54) is 0 Å². The van der Waals surface area contributed by atoms with E-state index in [0.29, 0.717) is 0 Å². The molecule has 4 atom stereocenters. The van der Waals surface area contributed by atoms with Crippen molar-refractivity contribution in [3.8, 4) is 0 Å². The fraction of sp³-hybridized carbons (Fsp3) is 0.282. The first-order valence-electron chi connectivity index (χ1n) is 17.1. The van der Waals surface area contributed by atoms with Crippen LogP contribution in [-0.4, -0.2) is 67.9 Å². The normalized spacial score (nSPS) is 14.0. The van der Waals surface area contributed by atoms with Crippen molar-refractivity contribution in [1.29, 1.82) is 0 Å². The van der Waals surface area contributed by atoms with Gasteiger partial charge < -0.3 is 41.7 Å². The average Bonchev–Trinajstić information content (AvgIpc) is 3.84. The standard InChI is InChI=1S/C39H43N7O5/c1-22(2)15-33(37(48)46-35(39(50)51)18-25-21-43-32-14-8-5-11-28(25)32)45-38(49)34(17-24-20-42-31-13-7-4-10-27(24)31)44-36(47)29(40)16-23-19-41-30-12-6-3-9-26(23)30/h3-14,19-22,29,33-35,41-43H,15-18,40H2,1-2H3,(H,44,47)(H,45,49)(H,46,48)(H,50,51). The highest BCUT2D eigenvalue weighted by molar-refractivity contribution is 5.95. The molecule has 0 bridgehead atoms. The smallest absolute Gasteiger partial charge is 0.326 e. The zero-order chi connectivity index (χ0) is 36.1. The van der Waals surface area contributed by atoms with Crippen LogP contribution in [0, 0.1) is 5.92 Å². The quantitative estimate of drug-likeness (QED) is 0.0800. The predicted octanol–water partition coefficient (Wildman–Crippen LogP) is 4.07. The van der Waals surface area contributed by atoms with Gasteiger partial charge in [-0.3, -0.25) is 14.4 Å². The number of nitrogens with one attached hydrogen (secondary N) is 6. The lowest BCUT2D eigenvalue weighted by molar-refractivity contribution is -0.142.